The minimum atomic E-state index is 0.541. The van der Waals surface area contributed by atoms with E-state index in [1.165, 1.54) is 45.1 Å². The van der Waals surface area contributed by atoms with E-state index >= 15 is 0 Å². The second-order valence-corrected chi connectivity index (χ2v) is 5.98. The van der Waals surface area contributed by atoms with E-state index in [1.807, 2.05) is 0 Å². The lowest BCUT2D eigenvalue weighted by atomic mass is 9.67. The van der Waals surface area contributed by atoms with E-state index in [0.717, 1.165) is 12.6 Å². The van der Waals surface area contributed by atoms with Gasteiger partial charge in [-0.05, 0) is 37.5 Å². The lowest BCUT2D eigenvalue weighted by Gasteiger charge is -2.42. The van der Waals surface area contributed by atoms with Gasteiger partial charge in [0.25, 0.3) is 0 Å². The molecule has 2 aliphatic carbocycles. The molecule has 0 aromatic heterocycles. The Labute approximate surface area is 117 Å². The van der Waals surface area contributed by atoms with Crippen molar-refractivity contribution in [3.63, 3.8) is 0 Å². The fourth-order valence-electron chi connectivity index (χ4n) is 2.59. The molecule has 0 unspecified atom stereocenters. The Morgan fingerprint density at radius 1 is 1.00 bits per heavy atom. The monoisotopic (exact) mass is 271 g/mol. The largest absolute Gasteiger partial charge is 0.382 e. The molecular formula is C15H29NO3. The minimum Gasteiger partial charge on any atom is -0.382 e. The van der Waals surface area contributed by atoms with Crippen LogP contribution in [0.2, 0.25) is 0 Å². The molecule has 0 bridgehead atoms. The van der Waals surface area contributed by atoms with Gasteiger partial charge in [0.1, 0.15) is 0 Å². The molecule has 0 amide bonds. The standard InChI is InChI=1S/C15H29NO3/c1-17-9-10-19-12-11-18-8-7-15(5-2-6-15)13-16-14-3-4-14/h14,16H,2-13H2,1H3. The van der Waals surface area contributed by atoms with Gasteiger partial charge in [-0.1, -0.05) is 6.42 Å². The Morgan fingerprint density at radius 3 is 2.26 bits per heavy atom. The summed E-state index contributed by atoms with van der Waals surface area (Å²) in [6.07, 6.45) is 8.11. The fraction of sp³-hybridized carbons (Fsp3) is 1.00. The van der Waals surface area contributed by atoms with Crippen molar-refractivity contribution in [3.8, 4) is 0 Å². The Kier molecular flexibility index (Phi) is 6.57. The number of methoxy groups -OCH3 is 1. The molecule has 0 radical (unpaired) electrons. The summed E-state index contributed by atoms with van der Waals surface area (Å²) in [6.45, 7) is 4.78. The quantitative estimate of drug-likeness (QED) is 0.551. The van der Waals surface area contributed by atoms with E-state index in [1.54, 1.807) is 7.11 Å². The van der Waals surface area contributed by atoms with Crippen molar-refractivity contribution in [1.82, 2.24) is 5.32 Å². The van der Waals surface area contributed by atoms with Crippen molar-refractivity contribution in [2.75, 3.05) is 46.7 Å². The lowest BCUT2D eigenvalue weighted by molar-refractivity contribution is 0.00587. The number of hydrogen-bond acceptors (Lipinski definition) is 4. The summed E-state index contributed by atoms with van der Waals surface area (Å²) in [5.41, 5.74) is 0.541. The van der Waals surface area contributed by atoms with Crippen LogP contribution < -0.4 is 5.32 Å². The Hall–Kier alpha value is -0.160. The summed E-state index contributed by atoms with van der Waals surface area (Å²) in [5.74, 6) is 0. The Bertz CT molecular complexity index is 240. The maximum absolute atomic E-state index is 5.67. The molecule has 0 atom stereocenters. The van der Waals surface area contributed by atoms with E-state index in [4.69, 9.17) is 14.2 Å². The first-order chi connectivity index (χ1) is 9.35. The van der Waals surface area contributed by atoms with Crippen LogP contribution in [0, 0.1) is 5.41 Å². The maximum atomic E-state index is 5.67. The fourth-order valence-corrected chi connectivity index (χ4v) is 2.59. The first kappa shape index (κ1) is 15.2. The van der Waals surface area contributed by atoms with Crippen LogP contribution in [0.5, 0.6) is 0 Å². The predicted octanol–water partition coefficient (Wildman–Crippen LogP) is 1.98. The summed E-state index contributed by atoms with van der Waals surface area (Å²) < 4.78 is 16.0. The molecule has 4 heteroatoms. The van der Waals surface area contributed by atoms with Crippen molar-refractivity contribution in [2.45, 2.75) is 44.6 Å². The second-order valence-electron chi connectivity index (χ2n) is 5.98. The second kappa shape index (κ2) is 8.20. The van der Waals surface area contributed by atoms with Gasteiger partial charge in [-0.25, -0.2) is 0 Å². The van der Waals surface area contributed by atoms with Crippen molar-refractivity contribution in [2.24, 2.45) is 5.41 Å². The number of hydrogen-bond donors (Lipinski definition) is 1. The Balaban J connectivity index is 1.44. The zero-order valence-electron chi connectivity index (χ0n) is 12.3. The minimum absolute atomic E-state index is 0.541. The van der Waals surface area contributed by atoms with Crippen LogP contribution in [-0.2, 0) is 14.2 Å². The summed E-state index contributed by atoms with van der Waals surface area (Å²) in [7, 11) is 1.69. The maximum Gasteiger partial charge on any atom is 0.0701 e. The molecule has 2 aliphatic rings. The molecule has 2 rings (SSSR count). The molecule has 2 saturated carbocycles. The Morgan fingerprint density at radius 2 is 1.68 bits per heavy atom. The molecule has 0 aromatic rings. The molecule has 0 aliphatic heterocycles. The van der Waals surface area contributed by atoms with Crippen molar-refractivity contribution in [1.29, 1.82) is 0 Å². The highest BCUT2D eigenvalue weighted by Crippen LogP contribution is 2.43. The van der Waals surface area contributed by atoms with Gasteiger partial charge < -0.3 is 19.5 Å². The summed E-state index contributed by atoms with van der Waals surface area (Å²) in [5, 5.41) is 3.68. The van der Waals surface area contributed by atoms with E-state index in [-0.39, 0.29) is 0 Å². The van der Waals surface area contributed by atoms with Crippen molar-refractivity contribution >= 4 is 0 Å². The van der Waals surface area contributed by atoms with Gasteiger partial charge >= 0.3 is 0 Å². The first-order valence-electron chi connectivity index (χ1n) is 7.72. The molecule has 1 N–H and O–H groups in total. The van der Waals surface area contributed by atoms with Crippen LogP contribution in [0.25, 0.3) is 0 Å². The zero-order chi connectivity index (χ0) is 13.4. The highest BCUT2D eigenvalue weighted by Gasteiger charge is 2.37. The van der Waals surface area contributed by atoms with Gasteiger partial charge in [-0.3, -0.25) is 0 Å². The van der Waals surface area contributed by atoms with Crippen LogP contribution in [0.4, 0.5) is 0 Å². The highest BCUT2D eigenvalue weighted by molar-refractivity contribution is 4.92. The van der Waals surface area contributed by atoms with Crippen LogP contribution in [0.3, 0.4) is 0 Å². The molecule has 2 fully saturated rings. The summed E-state index contributed by atoms with van der Waals surface area (Å²) >= 11 is 0. The highest BCUT2D eigenvalue weighted by atomic mass is 16.5. The van der Waals surface area contributed by atoms with Gasteiger partial charge in [-0.15, -0.1) is 0 Å². The molecule has 112 valence electrons. The van der Waals surface area contributed by atoms with Gasteiger partial charge in [0.15, 0.2) is 0 Å². The predicted molar refractivity (Wildman–Crippen MR) is 75.4 cm³/mol. The molecule has 0 spiro atoms. The molecule has 4 nitrogen and oxygen atoms in total. The lowest BCUT2D eigenvalue weighted by Crippen LogP contribution is -2.41. The molecule has 0 saturated heterocycles. The van der Waals surface area contributed by atoms with E-state index in [2.05, 4.69) is 5.32 Å². The first-order valence-corrected chi connectivity index (χ1v) is 7.72. The zero-order valence-corrected chi connectivity index (χ0v) is 12.3. The smallest absolute Gasteiger partial charge is 0.0701 e. The molecule has 19 heavy (non-hydrogen) atoms. The van der Waals surface area contributed by atoms with Gasteiger partial charge in [0, 0.05) is 26.3 Å². The van der Waals surface area contributed by atoms with Crippen LogP contribution in [-0.4, -0.2) is 52.7 Å². The molecule has 0 heterocycles. The topological polar surface area (TPSA) is 39.7 Å². The van der Waals surface area contributed by atoms with Crippen LogP contribution >= 0.6 is 0 Å². The van der Waals surface area contributed by atoms with Gasteiger partial charge in [0.2, 0.25) is 0 Å². The molecular weight excluding hydrogens is 242 g/mol. The van der Waals surface area contributed by atoms with Crippen molar-refractivity contribution in [3.05, 3.63) is 0 Å². The third kappa shape index (κ3) is 5.78. The van der Waals surface area contributed by atoms with Crippen LogP contribution in [0.1, 0.15) is 38.5 Å². The third-order valence-electron chi connectivity index (χ3n) is 4.34. The number of nitrogens with one attached hydrogen (secondary N) is 1. The van der Waals surface area contributed by atoms with E-state index < -0.39 is 0 Å². The van der Waals surface area contributed by atoms with Crippen molar-refractivity contribution < 1.29 is 14.2 Å². The molecule has 0 aromatic carbocycles. The van der Waals surface area contributed by atoms with Gasteiger partial charge in [-0.2, -0.15) is 0 Å². The number of rotatable bonds is 12. The van der Waals surface area contributed by atoms with E-state index in [0.29, 0.717) is 31.8 Å². The van der Waals surface area contributed by atoms with Gasteiger partial charge in [0.05, 0.1) is 26.4 Å². The summed E-state index contributed by atoms with van der Waals surface area (Å²) in [6, 6.07) is 0.826. The average Bonchev–Trinajstić information content (AvgIpc) is 3.18. The SMILES string of the molecule is COCCOCCOCCC1(CNC2CC2)CCC1. The third-order valence-corrected chi connectivity index (χ3v) is 4.34. The van der Waals surface area contributed by atoms with Crippen LogP contribution in [0.15, 0.2) is 0 Å². The average molecular weight is 271 g/mol. The normalized spacial score (nSPS) is 21.3. The summed E-state index contributed by atoms with van der Waals surface area (Å²) in [4.78, 5) is 0. The van der Waals surface area contributed by atoms with E-state index in [9.17, 15) is 0 Å². The number of ether oxygens (including phenoxy) is 3.